The molecule has 1 aromatic carbocycles. The van der Waals surface area contributed by atoms with Crippen LogP contribution in [0.3, 0.4) is 0 Å². The van der Waals surface area contributed by atoms with Gasteiger partial charge in [-0.05, 0) is 74.1 Å². The molecular weight excluding hydrogens is 450 g/mol. The van der Waals surface area contributed by atoms with Crippen LogP contribution in [0.4, 0.5) is 0 Å². The van der Waals surface area contributed by atoms with Crippen LogP contribution in [0.1, 0.15) is 60.0 Å². The van der Waals surface area contributed by atoms with E-state index in [-0.39, 0.29) is 36.1 Å². The van der Waals surface area contributed by atoms with Gasteiger partial charge in [0.05, 0.1) is 11.7 Å². The monoisotopic (exact) mass is 477 g/mol. The maximum atomic E-state index is 13.5. The lowest BCUT2D eigenvalue weighted by Gasteiger charge is -2.48. The van der Waals surface area contributed by atoms with Gasteiger partial charge in [0.1, 0.15) is 17.4 Å². The topological polar surface area (TPSA) is 158 Å². The number of benzene rings is 1. The SMILES string of the molecule is NC(=O)C1C(=O)[C@@]2(O)C(O)=C3C(=O)c4c(O)ccc(C#CC5=CCCCC5)c4C[C@H]3C[C@H]2CC1O. The predicted octanol–water partition coefficient (Wildman–Crippen LogP) is 1.60. The van der Waals surface area contributed by atoms with E-state index < -0.39 is 52.7 Å². The lowest BCUT2D eigenvalue weighted by atomic mass is 9.57. The zero-order valence-corrected chi connectivity index (χ0v) is 19.1. The van der Waals surface area contributed by atoms with E-state index in [0.717, 1.165) is 31.3 Å². The number of hydrogen-bond acceptors (Lipinski definition) is 7. The number of allylic oxidation sites excluding steroid dienone is 3. The Morgan fingerprint density at radius 3 is 2.57 bits per heavy atom. The van der Waals surface area contributed by atoms with Gasteiger partial charge in [0.2, 0.25) is 5.91 Å². The number of carbonyl (C=O) groups excluding carboxylic acids is 3. The molecule has 1 saturated carbocycles. The number of phenolic OH excluding ortho intramolecular Hbond substituents is 1. The summed E-state index contributed by atoms with van der Waals surface area (Å²) < 4.78 is 0. The van der Waals surface area contributed by atoms with Crippen LogP contribution in [0.15, 0.2) is 35.1 Å². The lowest BCUT2D eigenvalue weighted by molar-refractivity contribution is -0.167. The fourth-order valence-corrected chi connectivity index (χ4v) is 6.14. The Balaban J connectivity index is 1.60. The van der Waals surface area contributed by atoms with Gasteiger partial charge in [0, 0.05) is 17.1 Å². The summed E-state index contributed by atoms with van der Waals surface area (Å²) in [5.41, 5.74) is 4.81. The molecule has 1 amide bonds. The third-order valence-electron chi connectivity index (χ3n) is 7.92. The molecule has 1 fully saturated rings. The number of aromatic hydroxyl groups is 1. The van der Waals surface area contributed by atoms with Crippen molar-refractivity contribution in [2.75, 3.05) is 0 Å². The molecule has 0 bridgehead atoms. The molecule has 6 N–H and O–H groups in total. The zero-order chi connectivity index (χ0) is 25.1. The molecule has 4 aliphatic carbocycles. The highest BCUT2D eigenvalue weighted by molar-refractivity contribution is 6.15. The molecule has 0 saturated heterocycles. The molecule has 0 aromatic heterocycles. The Labute approximate surface area is 202 Å². The van der Waals surface area contributed by atoms with E-state index in [1.165, 1.54) is 6.07 Å². The molecule has 8 nitrogen and oxygen atoms in total. The van der Waals surface area contributed by atoms with Crippen LogP contribution < -0.4 is 5.73 Å². The van der Waals surface area contributed by atoms with Gasteiger partial charge in [0.15, 0.2) is 17.2 Å². The molecular formula is C27H27NO7. The summed E-state index contributed by atoms with van der Waals surface area (Å²) >= 11 is 0. The minimum atomic E-state index is -2.50. The molecule has 2 unspecified atom stereocenters. The van der Waals surface area contributed by atoms with Crippen molar-refractivity contribution in [3.8, 4) is 17.6 Å². The van der Waals surface area contributed by atoms with Crippen molar-refractivity contribution >= 4 is 17.5 Å². The summed E-state index contributed by atoms with van der Waals surface area (Å²) in [6, 6.07) is 3.04. The largest absolute Gasteiger partial charge is 0.508 e. The quantitative estimate of drug-likeness (QED) is 0.303. The van der Waals surface area contributed by atoms with Gasteiger partial charge < -0.3 is 26.2 Å². The van der Waals surface area contributed by atoms with E-state index in [2.05, 4.69) is 17.9 Å². The number of phenols is 1. The van der Waals surface area contributed by atoms with E-state index in [0.29, 0.717) is 11.1 Å². The molecule has 1 aromatic rings. The van der Waals surface area contributed by atoms with E-state index in [1.807, 2.05) is 0 Å². The van der Waals surface area contributed by atoms with E-state index in [4.69, 9.17) is 5.73 Å². The Hall–Kier alpha value is -3.41. The van der Waals surface area contributed by atoms with Gasteiger partial charge in [-0.1, -0.05) is 17.9 Å². The Bertz CT molecular complexity index is 1280. The van der Waals surface area contributed by atoms with Crippen LogP contribution in [-0.4, -0.2) is 49.6 Å². The number of ketones is 2. The highest BCUT2D eigenvalue weighted by Gasteiger charge is 2.62. The van der Waals surface area contributed by atoms with Crippen molar-refractivity contribution in [3.63, 3.8) is 0 Å². The summed E-state index contributed by atoms with van der Waals surface area (Å²) in [6.07, 6.45) is 5.08. The summed E-state index contributed by atoms with van der Waals surface area (Å²) in [5, 5.41) is 43.3. The average Bonchev–Trinajstić information content (AvgIpc) is 2.81. The van der Waals surface area contributed by atoms with Crippen LogP contribution in [-0.2, 0) is 16.0 Å². The second-order valence-corrected chi connectivity index (χ2v) is 9.95. The number of nitrogens with two attached hydrogens (primary N) is 1. The maximum Gasteiger partial charge on any atom is 0.230 e. The number of primary amides is 1. The number of aliphatic hydroxyl groups is 3. The molecule has 182 valence electrons. The third-order valence-corrected chi connectivity index (χ3v) is 7.92. The fraction of sp³-hybridized carbons (Fsp3) is 0.444. The van der Waals surface area contributed by atoms with Crippen LogP contribution in [0.5, 0.6) is 5.75 Å². The molecule has 5 atom stereocenters. The lowest BCUT2D eigenvalue weighted by Crippen LogP contribution is -2.63. The number of fused-ring (bicyclic) bond motifs is 3. The Kier molecular flexibility index (Phi) is 5.58. The second kappa shape index (κ2) is 8.36. The molecule has 5 rings (SSSR count). The van der Waals surface area contributed by atoms with Gasteiger partial charge in [-0.2, -0.15) is 0 Å². The first-order chi connectivity index (χ1) is 16.6. The van der Waals surface area contributed by atoms with E-state index >= 15 is 0 Å². The third kappa shape index (κ3) is 3.49. The number of rotatable bonds is 1. The number of carbonyl (C=O) groups is 3. The maximum absolute atomic E-state index is 13.5. The molecule has 0 spiro atoms. The molecule has 4 aliphatic rings. The minimum absolute atomic E-state index is 0.0102. The van der Waals surface area contributed by atoms with Crippen molar-refractivity contribution in [2.24, 2.45) is 23.5 Å². The van der Waals surface area contributed by atoms with Gasteiger partial charge >= 0.3 is 0 Å². The smallest absolute Gasteiger partial charge is 0.230 e. The van der Waals surface area contributed by atoms with Crippen molar-refractivity contribution in [1.29, 1.82) is 0 Å². The highest BCUT2D eigenvalue weighted by Crippen LogP contribution is 2.51. The van der Waals surface area contributed by atoms with Crippen molar-refractivity contribution in [2.45, 2.75) is 56.7 Å². The van der Waals surface area contributed by atoms with Crippen molar-refractivity contribution in [1.82, 2.24) is 0 Å². The standard InChI is InChI=1S/C27H27NO7/c28-26(34)22-19(30)12-16-10-15-11-17-14(7-6-13-4-2-1-3-5-13)8-9-18(29)21(17)23(31)20(15)24(32)27(16,35)25(22)33/h4,8-9,15-16,19,22,29-30,32,35H,1-3,5,10-12H2,(H2,28,34)/t15-,16+,19?,22?,27+/m1/s1. The predicted molar refractivity (Wildman–Crippen MR) is 124 cm³/mol. The zero-order valence-electron chi connectivity index (χ0n) is 19.1. The first-order valence-corrected chi connectivity index (χ1v) is 11.9. The van der Waals surface area contributed by atoms with Gasteiger partial charge in [0.25, 0.3) is 0 Å². The molecule has 8 heteroatoms. The molecule has 35 heavy (non-hydrogen) atoms. The molecule has 0 aliphatic heterocycles. The molecule has 0 heterocycles. The average molecular weight is 478 g/mol. The normalized spacial score (nSPS) is 32.0. The summed E-state index contributed by atoms with van der Waals surface area (Å²) in [6.45, 7) is 0. The second-order valence-electron chi connectivity index (χ2n) is 9.95. The minimum Gasteiger partial charge on any atom is -0.508 e. The van der Waals surface area contributed by atoms with Gasteiger partial charge in [-0.3, -0.25) is 14.4 Å². The van der Waals surface area contributed by atoms with Crippen molar-refractivity contribution < 1.29 is 34.8 Å². The fourth-order valence-electron chi connectivity index (χ4n) is 6.14. The first-order valence-electron chi connectivity index (χ1n) is 11.9. The van der Waals surface area contributed by atoms with Crippen LogP contribution in [0.2, 0.25) is 0 Å². The van der Waals surface area contributed by atoms with Crippen LogP contribution in [0, 0.1) is 29.6 Å². The summed E-state index contributed by atoms with van der Waals surface area (Å²) in [5.74, 6) is -0.829. The van der Waals surface area contributed by atoms with E-state index in [1.54, 1.807) is 6.07 Å². The Morgan fingerprint density at radius 1 is 1.11 bits per heavy atom. The van der Waals surface area contributed by atoms with Gasteiger partial charge in [-0.15, -0.1) is 0 Å². The molecule has 0 radical (unpaired) electrons. The summed E-state index contributed by atoms with van der Waals surface area (Å²) in [7, 11) is 0. The van der Waals surface area contributed by atoms with Crippen LogP contribution >= 0.6 is 0 Å². The van der Waals surface area contributed by atoms with Gasteiger partial charge in [-0.25, -0.2) is 0 Å². The van der Waals surface area contributed by atoms with E-state index in [9.17, 15) is 34.8 Å². The number of aliphatic hydroxyl groups excluding tert-OH is 2. The number of amides is 1. The first kappa shape index (κ1) is 23.3. The van der Waals surface area contributed by atoms with Crippen LogP contribution in [0.25, 0.3) is 0 Å². The highest BCUT2D eigenvalue weighted by atomic mass is 16.3. The number of hydrogen-bond donors (Lipinski definition) is 5. The summed E-state index contributed by atoms with van der Waals surface area (Å²) in [4.78, 5) is 38.4. The number of Topliss-reactive ketones (excluding diaryl/α,β-unsaturated/α-hetero) is 2. The Morgan fingerprint density at radius 2 is 1.89 bits per heavy atom. The van der Waals surface area contributed by atoms with Crippen molar-refractivity contribution in [3.05, 3.63) is 51.8 Å².